The Kier molecular flexibility index (Phi) is 7.30. The minimum Gasteiger partial charge on any atom is -0.494 e. The molecule has 1 atom stereocenters. The van der Waals surface area contributed by atoms with Crippen molar-refractivity contribution >= 4 is 17.6 Å². The molecule has 0 spiro atoms. The molecule has 1 N–H and O–H groups in total. The number of ether oxygens (including phenoxy) is 2. The number of halogens is 2. The van der Waals surface area contributed by atoms with Gasteiger partial charge in [-0.25, -0.2) is 9.18 Å². The molecule has 1 amide bonds. The van der Waals surface area contributed by atoms with Crippen molar-refractivity contribution in [1.29, 1.82) is 0 Å². The van der Waals surface area contributed by atoms with E-state index in [-0.39, 0.29) is 17.9 Å². The van der Waals surface area contributed by atoms with Crippen LogP contribution in [0.3, 0.4) is 0 Å². The van der Waals surface area contributed by atoms with Gasteiger partial charge in [-0.1, -0.05) is 29.8 Å². The number of anilines is 1. The number of methoxy groups -OCH3 is 1. The van der Waals surface area contributed by atoms with Crippen molar-refractivity contribution in [3.05, 3.63) is 81.9 Å². The zero-order valence-corrected chi connectivity index (χ0v) is 22.3. The molecule has 8 heteroatoms. The van der Waals surface area contributed by atoms with Crippen LogP contribution in [0.4, 0.5) is 14.5 Å². The molecular weight excluding hydrogens is 492 g/mol. The van der Waals surface area contributed by atoms with Gasteiger partial charge in [0.15, 0.2) is 17.7 Å². The van der Waals surface area contributed by atoms with E-state index in [2.05, 4.69) is 0 Å². The van der Waals surface area contributed by atoms with E-state index in [1.54, 1.807) is 33.8 Å². The Morgan fingerprint density at radius 1 is 1.05 bits per heavy atom. The number of amides is 1. The lowest BCUT2D eigenvalue weighted by atomic mass is 9.86. The quantitative estimate of drug-likeness (QED) is 0.405. The van der Waals surface area contributed by atoms with Crippen molar-refractivity contribution in [2.75, 3.05) is 18.6 Å². The van der Waals surface area contributed by atoms with Crippen LogP contribution in [-0.4, -0.2) is 36.2 Å². The molecular formula is C30H31F2NO5. The van der Waals surface area contributed by atoms with Gasteiger partial charge in [-0.2, -0.15) is 4.39 Å². The maximum atomic E-state index is 14.2. The summed E-state index contributed by atoms with van der Waals surface area (Å²) < 4.78 is 39.1. The average molecular weight is 524 g/mol. The van der Waals surface area contributed by atoms with Crippen LogP contribution in [0.15, 0.2) is 42.5 Å². The minimum absolute atomic E-state index is 0.0494. The van der Waals surface area contributed by atoms with E-state index in [4.69, 9.17) is 9.47 Å². The third kappa shape index (κ3) is 5.13. The summed E-state index contributed by atoms with van der Waals surface area (Å²) in [7, 11) is 1.20. The van der Waals surface area contributed by atoms with Gasteiger partial charge in [0.1, 0.15) is 0 Å². The molecule has 6 nitrogen and oxygen atoms in total. The number of aryl methyl sites for hydroxylation is 2. The Hall–Kier alpha value is -3.78. The molecule has 3 aromatic rings. The number of rotatable bonds is 6. The zero-order chi connectivity index (χ0) is 27.9. The number of carbonyl (C=O) groups excluding carboxylic acids is 1. The number of benzene rings is 3. The maximum absolute atomic E-state index is 14.2. The maximum Gasteiger partial charge on any atom is 0.337 e. The van der Waals surface area contributed by atoms with Gasteiger partial charge in [-0.15, -0.1) is 0 Å². The predicted molar refractivity (Wildman–Crippen MR) is 141 cm³/mol. The highest BCUT2D eigenvalue weighted by atomic mass is 19.2. The minimum atomic E-state index is -1.24. The van der Waals surface area contributed by atoms with E-state index >= 15 is 0 Å². The number of hydrogen-bond acceptors (Lipinski definition) is 4. The molecule has 0 unspecified atom stereocenters. The molecule has 1 aliphatic rings. The summed E-state index contributed by atoms with van der Waals surface area (Å²) in [6, 6.07) is 11.5. The first kappa shape index (κ1) is 27.3. The largest absolute Gasteiger partial charge is 0.494 e. The summed E-state index contributed by atoms with van der Waals surface area (Å²) in [5.41, 5.74) is 4.32. The van der Waals surface area contributed by atoms with Gasteiger partial charge in [-0.05, 0) is 81.5 Å². The number of carboxylic acid groups (broad SMARTS) is 1. The molecule has 0 aromatic heterocycles. The number of fused-ring (bicyclic) bond motifs is 1. The van der Waals surface area contributed by atoms with Gasteiger partial charge in [0, 0.05) is 23.4 Å². The highest BCUT2D eigenvalue weighted by molar-refractivity contribution is 6.08. The smallest absolute Gasteiger partial charge is 0.337 e. The lowest BCUT2D eigenvalue weighted by Gasteiger charge is -2.29. The fourth-order valence-electron chi connectivity index (χ4n) is 4.87. The number of nitrogens with zero attached hydrogens (tertiary/aromatic N) is 1. The van der Waals surface area contributed by atoms with Gasteiger partial charge >= 0.3 is 5.97 Å². The van der Waals surface area contributed by atoms with Crippen LogP contribution in [0, 0.1) is 25.5 Å². The molecule has 0 bridgehead atoms. The number of hydrogen-bond donors (Lipinski definition) is 1. The van der Waals surface area contributed by atoms with E-state index in [9.17, 15) is 23.5 Å². The van der Waals surface area contributed by atoms with Gasteiger partial charge in [0.25, 0.3) is 5.91 Å². The van der Waals surface area contributed by atoms with E-state index in [0.717, 1.165) is 22.8 Å². The molecule has 0 aliphatic carbocycles. The number of aliphatic carboxylic acids is 1. The van der Waals surface area contributed by atoms with Crippen LogP contribution in [0.25, 0.3) is 11.1 Å². The average Bonchev–Trinajstić information content (AvgIpc) is 3.26. The molecule has 4 rings (SSSR count). The van der Waals surface area contributed by atoms with Crippen LogP contribution in [0.5, 0.6) is 5.75 Å². The first-order chi connectivity index (χ1) is 17.8. The second-order valence-electron chi connectivity index (χ2n) is 10.5. The molecule has 0 radical (unpaired) electrons. The molecule has 3 aromatic carbocycles. The first-order valence-electron chi connectivity index (χ1n) is 12.3. The molecule has 0 saturated heterocycles. The molecule has 0 saturated carbocycles. The van der Waals surface area contributed by atoms with Gasteiger partial charge < -0.3 is 19.5 Å². The third-order valence-electron chi connectivity index (χ3n) is 6.54. The van der Waals surface area contributed by atoms with Crippen molar-refractivity contribution in [2.24, 2.45) is 0 Å². The van der Waals surface area contributed by atoms with Crippen molar-refractivity contribution in [2.45, 2.75) is 52.7 Å². The van der Waals surface area contributed by atoms with Gasteiger partial charge in [-0.3, -0.25) is 4.79 Å². The monoisotopic (exact) mass is 523 g/mol. The lowest BCUT2D eigenvalue weighted by Crippen LogP contribution is -2.30. The van der Waals surface area contributed by atoms with Gasteiger partial charge in [0.2, 0.25) is 5.82 Å². The van der Waals surface area contributed by atoms with Crippen molar-refractivity contribution in [3.8, 4) is 16.9 Å². The molecule has 1 heterocycles. The van der Waals surface area contributed by atoms with Crippen molar-refractivity contribution < 1.29 is 33.0 Å². The van der Waals surface area contributed by atoms with E-state index in [1.807, 2.05) is 31.2 Å². The SMILES string of the molecule is COc1cc(C(=O)N2CCc3c2cc(C)c([C@H](OC(C)(C)C)C(=O)O)c3-c2ccc(C)cc2)cc(F)c1F. The summed E-state index contributed by atoms with van der Waals surface area (Å²) in [5.74, 6) is -4.32. The zero-order valence-electron chi connectivity index (χ0n) is 22.3. The summed E-state index contributed by atoms with van der Waals surface area (Å²) in [6.07, 6.45) is -0.794. The standard InChI is InChI=1S/C30H31F2NO5/c1-16-7-9-18(10-8-16)25-20-11-12-33(28(34)19-14-21(31)26(32)23(15-19)37-6)22(20)13-17(2)24(25)27(29(35)36)38-30(3,4)5/h7-10,13-15,27H,11-12H2,1-6H3,(H,35,36)/t27-/m0/s1. The lowest BCUT2D eigenvalue weighted by molar-refractivity contribution is -0.160. The highest BCUT2D eigenvalue weighted by Crippen LogP contribution is 2.45. The second-order valence-corrected chi connectivity index (χ2v) is 10.5. The van der Waals surface area contributed by atoms with Crippen LogP contribution in [0.2, 0.25) is 0 Å². The Morgan fingerprint density at radius 2 is 1.71 bits per heavy atom. The van der Waals surface area contributed by atoms with E-state index in [1.165, 1.54) is 18.1 Å². The van der Waals surface area contributed by atoms with Gasteiger partial charge in [0.05, 0.1) is 12.7 Å². The predicted octanol–water partition coefficient (Wildman–Crippen LogP) is 6.40. The van der Waals surface area contributed by atoms with E-state index in [0.29, 0.717) is 28.8 Å². The number of carboxylic acids is 1. The van der Waals surface area contributed by atoms with Crippen molar-refractivity contribution in [1.82, 2.24) is 0 Å². The Balaban J connectivity index is 1.92. The molecule has 1 aliphatic heterocycles. The Labute approximate surface area is 220 Å². The van der Waals surface area contributed by atoms with Crippen LogP contribution < -0.4 is 9.64 Å². The fraction of sp³-hybridized carbons (Fsp3) is 0.333. The summed E-state index contributed by atoms with van der Waals surface area (Å²) in [4.78, 5) is 27.5. The number of carbonyl (C=O) groups is 2. The Morgan fingerprint density at radius 3 is 2.29 bits per heavy atom. The molecule has 0 fully saturated rings. The fourth-order valence-corrected chi connectivity index (χ4v) is 4.87. The Bertz CT molecular complexity index is 1410. The molecule has 200 valence electrons. The summed E-state index contributed by atoms with van der Waals surface area (Å²) in [5, 5.41) is 10.2. The highest BCUT2D eigenvalue weighted by Gasteiger charge is 2.36. The van der Waals surface area contributed by atoms with Crippen LogP contribution in [0.1, 0.15) is 59.5 Å². The topological polar surface area (TPSA) is 76.1 Å². The van der Waals surface area contributed by atoms with E-state index < -0.39 is 35.2 Å². The van der Waals surface area contributed by atoms with Crippen LogP contribution >= 0.6 is 0 Å². The third-order valence-corrected chi connectivity index (χ3v) is 6.54. The summed E-state index contributed by atoms with van der Waals surface area (Å²) >= 11 is 0. The van der Waals surface area contributed by atoms with Crippen LogP contribution in [-0.2, 0) is 16.0 Å². The molecule has 38 heavy (non-hydrogen) atoms. The normalized spacial score (nSPS) is 13.8. The summed E-state index contributed by atoms with van der Waals surface area (Å²) in [6.45, 7) is 9.44. The van der Waals surface area contributed by atoms with Crippen molar-refractivity contribution in [3.63, 3.8) is 0 Å². The second kappa shape index (κ2) is 10.2. The first-order valence-corrected chi connectivity index (χ1v) is 12.3.